The van der Waals surface area contributed by atoms with Crippen molar-refractivity contribution in [3.63, 3.8) is 0 Å². The number of hydrogen-bond acceptors (Lipinski definition) is 6. The summed E-state index contributed by atoms with van der Waals surface area (Å²) < 4.78 is 19.8. The summed E-state index contributed by atoms with van der Waals surface area (Å²) in [5, 5.41) is 14.4. The van der Waals surface area contributed by atoms with E-state index in [1.54, 1.807) is 18.7 Å². The van der Waals surface area contributed by atoms with E-state index in [0.717, 1.165) is 11.3 Å². The maximum atomic E-state index is 13.0. The molecule has 0 bridgehead atoms. The summed E-state index contributed by atoms with van der Waals surface area (Å²) >= 11 is 1.22. The van der Waals surface area contributed by atoms with Crippen molar-refractivity contribution in [2.45, 2.75) is 24.5 Å². The molecule has 0 aliphatic carbocycles. The third kappa shape index (κ3) is 6.30. The van der Waals surface area contributed by atoms with Crippen LogP contribution in [0.5, 0.6) is 5.75 Å². The lowest BCUT2D eigenvalue weighted by atomic mass is 10.1. The highest BCUT2D eigenvalue weighted by Crippen LogP contribution is 2.20. The van der Waals surface area contributed by atoms with Gasteiger partial charge in [-0.25, -0.2) is 4.39 Å². The normalized spacial score (nSPS) is 11.6. The molecule has 0 saturated heterocycles. The monoisotopic (exact) mass is 457 g/mol. The zero-order valence-corrected chi connectivity index (χ0v) is 18.8. The third-order valence-electron chi connectivity index (χ3n) is 4.62. The highest BCUT2D eigenvalue weighted by molar-refractivity contribution is 7.99. The number of nitrogens with one attached hydrogen (secondary N) is 2. The van der Waals surface area contributed by atoms with E-state index < -0.39 is 0 Å². The van der Waals surface area contributed by atoms with Crippen LogP contribution in [0.1, 0.15) is 24.4 Å². The number of amides is 2. The van der Waals surface area contributed by atoms with Crippen LogP contribution in [0.4, 0.5) is 10.1 Å². The van der Waals surface area contributed by atoms with E-state index in [4.69, 9.17) is 4.74 Å². The number of nitrogens with zero attached hydrogens (tertiary/aromatic N) is 3. The molecule has 0 aliphatic rings. The Hall–Kier alpha value is -3.40. The second-order valence-corrected chi connectivity index (χ2v) is 8.00. The fourth-order valence-corrected chi connectivity index (χ4v) is 3.69. The van der Waals surface area contributed by atoms with E-state index in [-0.39, 0.29) is 35.8 Å². The van der Waals surface area contributed by atoms with Gasteiger partial charge in [-0.15, -0.1) is 10.2 Å². The van der Waals surface area contributed by atoms with Crippen LogP contribution < -0.4 is 15.4 Å². The zero-order chi connectivity index (χ0) is 23.1. The molecular formula is C22H24FN5O3S. The first-order valence-corrected chi connectivity index (χ1v) is 10.8. The van der Waals surface area contributed by atoms with E-state index in [2.05, 4.69) is 20.8 Å². The number of methoxy groups -OCH3 is 1. The fourth-order valence-electron chi connectivity index (χ4n) is 2.98. The van der Waals surface area contributed by atoms with Crippen LogP contribution in [0.25, 0.3) is 0 Å². The van der Waals surface area contributed by atoms with E-state index in [0.29, 0.717) is 16.7 Å². The SMILES string of the molecule is COc1ccc(CC(=O)N[C@@H](C)c2nnc(SCC(=O)Nc3ccc(F)cc3)n2C)cc1. The second kappa shape index (κ2) is 10.8. The zero-order valence-electron chi connectivity index (χ0n) is 18.0. The van der Waals surface area contributed by atoms with Crippen LogP contribution in [0, 0.1) is 5.82 Å². The van der Waals surface area contributed by atoms with Gasteiger partial charge in [0, 0.05) is 12.7 Å². The molecule has 10 heteroatoms. The molecule has 1 heterocycles. The van der Waals surface area contributed by atoms with Crippen molar-refractivity contribution >= 4 is 29.3 Å². The maximum absolute atomic E-state index is 13.0. The summed E-state index contributed by atoms with van der Waals surface area (Å²) in [7, 11) is 3.37. The minimum Gasteiger partial charge on any atom is -0.497 e. The summed E-state index contributed by atoms with van der Waals surface area (Å²) in [5.41, 5.74) is 1.39. The molecule has 0 saturated carbocycles. The van der Waals surface area contributed by atoms with Crippen molar-refractivity contribution in [2.24, 2.45) is 7.05 Å². The van der Waals surface area contributed by atoms with Gasteiger partial charge in [-0.2, -0.15) is 0 Å². The van der Waals surface area contributed by atoms with Gasteiger partial charge in [-0.1, -0.05) is 23.9 Å². The van der Waals surface area contributed by atoms with Crippen molar-refractivity contribution in [2.75, 3.05) is 18.2 Å². The van der Waals surface area contributed by atoms with Crippen LogP contribution in [0.15, 0.2) is 53.7 Å². The number of halogens is 1. The molecule has 1 atom stereocenters. The van der Waals surface area contributed by atoms with Gasteiger partial charge in [0.1, 0.15) is 11.6 Å². The summed E-state index contributed by atoms with van der Waals surface area (Å²) in [4.78, 5) is 24.5. The van der Waals surface area contributed by atoms with Gasteiger partial charge in [0.2, 0.25) is 11.8 Å². The third-order valence-corrected chi connectivity index (χ3v) is 5.64. The van der Waals surface area contributed by atoms with Crippen LogP contribution in [-0.4, -0.2) is 39.4 Å². The molecule has 2 amide bonds. The van der Waals surface area contributed by atoms with E-state index in [9.17, 15) is 14.0 Å². The Balaban J connectivity index is 1.51. The predicted octanol–water partition coefficient (Wildman–Crippen LogP) is 3.11. The molecule has 0 aliphatic heterocycles. The van der Waals surface area contributed by atoms with E-state index in [1.165, 1.54) is 36.0 Å². The molecule has 2 aromatic carbocycles. The molecule has 3 aromatic rings. The molecule has 0 spiro atoms. The number of ether oxygens (including phenoxy) is 1. The lowest BCUT2D eigenvalue weighted by molar-refractivity contribution is -0.121. The van der Waals surface area contributed by atoms with Crippen LogP contribution in [0.3, 0.4) is 0 Å². The van der Waals surface area contributed by atoms with Gasteiger partial charge in [0.25, 0.3) is 0 Å². The standard InChI is InChI=1S/C22H24FN5O3S/c1-14(24-19(29)12-15-4-10-18(31-3)11-5-15)21-26-27-22(28(21)2)32-13-20(30)25-17-8-6-16(23)7-9-17/h4-11,14H,12-13H2,1-3H3,(H,24,29)(H,25,30)/t14-/m0/s1. The highest BCUT2D eigenvalue weighted by Gasteiger charge is 2.18. The van der Waals surface area contributed by atoms with Crippen LogP contribution in [-0.2, 0) is 23.1 Å². The van der Waals surface area contributed by atoms with Crippen molar-refractivity contribution in [1.29, 1.82) is 0 Å². The van der Waals surface area contributed by atoms with Crippen molar-refractivity contribution in [3.8, 4) is 5.75 Å². The molecule has 0 radical (unpaired) electrons. The van der Waals surface area contributed by atoms with Gasteiger partial charge < -0.3 is 19.9 Å². The molecular weight excluding hydrogens is 433 g/mol. The Labute approximate surface area is 189 Å². The molecule has 0 fully saturated rings. The lowest BCUT2D eigenvalue weighted by Gasteiger charge is -2.14. The molecule has 1 aromatic heterocycles. The molecule has 168 valence electrons. The number of thioether (sulfide) groups is 1. The van der Waals surface area contributed by atoms with Crippen LogP contribution >= 0.6 is 11.8 Å². The first kappa shape index (κ1) is 23.3. The first-order valence-electron chi connectivity index (χ1n) is 9.85. The molecule has 0 unspecified atom stereocenters. The number of hydrogen-bond donors (Lipinski definition) is 2. The summed E-state index contributed by atoms with van der Waals surface area (Å²) in [6.07, 6.45) is 0.233. The minimum atomic E-state index is -0.366. The molecule has 2 N–H and O–H groups in total. The molecule has 32 heavy (non-hydrogen) atoms. The van der Waals surface area contributed by atoms with Gasteiger partial charge >= 0.3 is 0 Å². The van der Waals surface area contributed by atoms with E-state index >= 15 is 0 Å². The van der Waals surface area contributed by atoms with Gasteiger partial charge in [0.05, 0.1) is 25.3 Å². The summed E-state index contributed by atoms with van der Waals surface area (Å²) in [6.45, 7) is 1.83. The quantitative estimate of drug-likeness (QED) is 0.479. The van der Waals surface area contributed by atoms with Gasteiger partial charge in [0.15, 0.2) is 11.0 Å². The molecule has 3 rings (SSSR count). The predicted molar refractivity (Wildman–Crippen MR) is 120 cm³/mol. The average molecular weight is 458 g/mol. The fraction of sp³-hybridized carbons (Fsp3) is 0.273. The Morgan fingerprint density at radius 1 is 1.09 bits per heavy atom. The summed E-state index contributed by atoms with van der Waals surface area (Å²) in [5.74, 6) is 0.675. The average Bonchev–Trinajstić information content (AvgIpc) is 3.15. The number of aromatic nitrogens is 3. The summed E-state index contributed by atoms with van der Waals surface area (Å²) in [6, 6.07) is 12.5. The smallest absolute Gasteiger partial charge is 0.234 e. The van der Waals surface area contributed by atoms with Gasteiger partial charge in [-0.3, -0.25) is 9.59 Å². The topological polar surface area (TPSA) is 98.1 Å². The number of anilines is 1. The number of carbonyl (C=O) groups is 2. The lowest BCUT2D eigenvalue weighted by Crippen LogP contribution is -2.29. The van der Waals surface area contributed by atoms with Crippen LogP contribution in [0.2, 0.25) is 0 Å². The van der Waals surface area contributed by atoms with Gasteiger partial charge in [-0.05, 0) is 48.9 Å². The second-order valence-electron chi connectivity index (χ2n) is 7.06. The number of rotatable bonds is 9. The Morgan fingerprint density at radius 2 is 1.78 bits per heavy atom. The van der Waals surface area contributed by atoms with Crippen molar-refractivity contribution in [3.05, 3.63) is 65.7 Å². The van der Waals surface area contributed by atoms with Crippen molar-refractivity contribution < 1.29 is 18.7 Å². The number of carbonyl (C=O) groups excluding carboxylic acids is 2. The highest BCUT2D eigenvalue weighted by atomic mass is 32.2. The minimum absolute atomic E-state index is 0.113. The Kier molecular flexibility index (Phi) is 7.82. The molecule has 8 nitrogen and oxygen atoms in total. The largest absolute Gasteiger partial charge is 0.497 e. The van der Waals surface area contributed by atoms with E-state index in [1.807, 2.05) is 31.2 Å². The number of benzene rings is 2. The Bertz CT molecular complexity index is 1070. The first-order chi connectivity index (χ1) is 15.4. The maximum Gasteiger partial charge on any atom is 0.234 e. The Morgan fingerprint density at radius 3 is 2.44 bits per heavy atom. The van der Waals surface area contributed by atoms with Crippen molar-refractivity contribution in [1.82, 2.24) is 20.1 Å².